The Hall–Kier alpha value is -2.68. The van der Waals surface area contributed by atoms with E-state index in [0.29, 0.717) is 52.7 Å². The molecule has 2 aromatic heterocycles. The van der Waals surface area contributed by atoms with Crippen molar-refractivity contribution < 1.29 is 21.3 Å². The zero-order valence-electron chi connectivity index (χ0n) is 20.5. The van der Waals surface area contributed by atoms with Crippen molar-refractivity contribution in [2.75, 3.05) is 23.7 Å². The van der Waals surface area contributed by atoms with Crippen molar-refractivity contribution in [1.29, 1.82) is 0 Å². The van der Waals surface area contributed by atoms with Crippen LogP contribution in [0.1, 0.15) is 30.3 Å². The topological polar surface area (TPSA) is 75.2 Å². The van der Waals surface area contributed by atoms with Crippen molar-refractivity contribution in [3.05, 3.63) is 47.0 Å². The highest BCUT2D eigenvalue weighted by molar-refractivity contribution is 7.91. The molecule has 0 amide bonds. The predicted octanol–water partition coefficient (Wildman–Crippen LogP) is 3.95. The summed E-state index contributed by atoms with van der Waals surface area (Å²) in [6.45, 7) is -0.509. The number of fused-ring (bicyclic) bond motifs is 1. The van der Waals surface area contributed by atoms with Crippen LogP contribution in [-0.4, -0.2) is 42.7 Å². The van der Waals surface area contributed by atoms with E-state index in [2.05, 4.69) is 4.98 Å². The number of hydrogen-bond donors (Lipinski definition) is 1. The Balaban J connectivity index is 1.70. The van der Waals surface area contributed by atoms with Crippen LogP contribution in [0.15, 0.2) is 46.3 Å². The quantitative estimate of drug-likeness (QED) is 0.634. The molecule has 1 N–H and O–H groups in total. The summed E-state index contributed by atoms with van der Waals surface area (Å²) in [4.78, 5) is 17.6. The van der Waals surface area contributed by atoms with Gasteiger partial charge in [0.1, 0.15) is 5.52 Å². The third-order valence-corrected chi connectivity index (χ3v) is 8.73. The van der Waals surface area contributed by atoms with E-state index in [1.807, 2.05) is 4.90 Å². The minimum atomic E-state index is -3.59. The smallest absolute Gasteiger partial charge is 0.274 e. The summed E-state index contributed by atoms with van der Waals surface area (Å²) >= 11 is 0. The van der Waals surface area contributed by atoms with Gasteiger partial charge < -0.3 is 14.5 Å². The van der Waals surface area contributed by atoms with Crippen molar-refractivity contribution in [2.24, 2.45) is 12.4 Å². The lowest BCUT2D eigenvalue weighted by atomic mass is 9.91. The van der Waals surface area contributed by atoms with E-state index in [1.54, 1.807) is 12.1 Å². The minimum Gasteiger partial charge on any atom is -0.371 e. The lowest BCUT2D eigenvalue weighted by molar-refractivity contribution is 0.0537. The second kappa shape index (κ2) is 6.91. The Kier molecular flexibility index (Phi) is 3.85. The van der Waals surface area contributed by atoms with Gasteiger partial charge in [0.25, 0.3) is 11.5 Å². The number of nitrogens with one attached hydrogen (secondary N) is 1. The molecular formula is C23H25F2N3O3S. The van der Waals surface area contributed by atoms with Crippen molar-refractivity contribution in [2.45, 2.75) is 37.0 Å². The van der Waals surface area contributed by atoms with Crippen LogP contribution in [0, 0.1) is 5.41 Å². The molecule has 0 bridgehead atoms. The molecule has 2 aliphatic rings. The highest BCUT2D eigenvalue weighted by Gasteiger charge is 2.70. The SMILES string of the molecule is [2H]C([2H])([2H])n1cc(-c2cc(S(=O)(=O)CC)ccc2N2CCC3(CC2)CC3(F)F)c2cc[nH]c2c1=O. The van der Waals surface area contributed by atoms with Gasteiger partial charge >= 0.3 is 0 Å². The van der Waals surface area contributed by atoms with E-state index in [4.69, 9.17) is 4.11 Å². The zero-order valence-corrected chi connectivity index (χ0v) is 18.3. The number of hydrogen-bond acceptors (Lipinski definition) is 4. The maximum atomic E-state index is 13.9. The molecule has 0 unspecified atom stereocenters. The van der Waals surface area contributed by atoms with Crippen LogP contribution in [0.2, 0.25) is 0 Å². The van der Waals surface area contributed by atoms with Crippen molar-refractivity contribution in [3.63, 3.8) is 0 Å². The molecule has 0 atom stereocenters. The number of benzene rings is 1. The number of anilines is 1. The number of aromatic nitrogens is 2. The Morgan fingerprint density at radius 1 is 1.19 bits per heavy atom. The summed E-state index contributed by atoms with van der Waals surface area (Å²) in [6, 6.07) is 6.25. The lowest BCUT2D eigenvalue weighted by Gasteiger charge is -2.35. The van der Waals surface area contributed by atoms with E-state index in [9.17, 15) is 22.0 Å². The number of H-pyrrole nitrogens is 1. The van der Waals surface area contributed by atoms with Gasteiger partial charge in [-0.1, -0.05) is 6.92 Å². The van der Waals surface area contributed by atoms with Crippen LogP contribution in [0.4, 0.5) is 14.5 Å². The first kappa shape index (κ1) is 17.8. The molecule has 0 radical (unpaired) electrons. The second-order valence-electron chi connectivity index (χ2n) is 8.72. The third kappa shape index (κ3) is 3.09. The van der Waals surface area contributed by atoms with Gasteiger partial charge in [0.05, 0.1) is 10.6 Å². The van der Waals surface area contributed by atoms with Gasteiger partial charge in [-0.15, -0.1) is 0 Å². The molecule has 1 aliphatic carbocycles. The van der Waals surface area contributed by atoms with E-state index < -0.39 is 33.7 Å². The average Bonchev–Trinajstić information content (AvgIpc) is 3.13. The summed E-state index contributed by atoms with van der Waals surface area (Å²) < 4.78 is 77.3. The maximum absolute atomic E-state index is 13.9. The maximum Gasteiger partial charge on any atom is 0.274 e. The number of aromatic amines is 1. The van der Waals surface area contributed by atoms with Gasteiger partial charge in [0.2, 0.25) is 0 Å². The van der Waals surface area contributed by atoms with Crippen LogP contribution in [0.5, 0.6) is 0 Å². The molecule has 1 spiro atoms. The normalized spacial score (nSPS) is 21.3. The monoisotopic (exact) mass is 464 g/mol. The Morgan fingerprint density at radius 3 is 2.53 bits per heavy atom. The molecular weight excluding hydrogens is 436 g/mol. The van der Waals surface area contributed by atoms with Gasteiger partial charge in [-0.25, -0.2) is 17.2 Å². The fourth-order valence-corrected chi connectivity index (χ4v) is 5.74. The standard InChI is InChI=1S/C23H25F2N3O3S/c1-3-32(30,31)15-4-5-19(28-10-7-22(8-11-28)14-23(22,24)25)17(12-15)18-13-27(2)21(29)20-16(18)6-9-26-20/h4-6,9,12-13,26H,3,7-8,10-11,14H2,1-2H3/i2D3. The molecule has 1 saturated carbocycles. The van der Waals surface area contributed by atoms with Gasteiger partial charge in [-0.3, -0.25) is 4.79 Å². The molecule has 6 nitrogen and oxygen atoms in total. The number of aryl methyl sites for hydroxylation is 1. The van der Waals surface area contributed by atoms with Gasteiger partial charge in [-0.05, 0) is 37.1 Å². The first-order valence-corrected chi connectivity index (χ1v) is 12.2. The largest absolute Gasteiger partial charge is 0.371 e. The summed E-state index contributed by atoms with van der Waals surface area (Å²) in [5, 5.41) is 0.449. The molecule has 9 heteroatoms. The molecule has 3 aromatic rings. The zero-order chi connectivity index (χ0) is 25.4. The van der Waals surface area contributed by atoms with Gasteiger partial charge in [-0.2, -0.15) is 0 Å². The first-order chi connectivity index (χ1) is 16.3. The van der Waals surface area contributed by atoms with E-state index in [-0.39, 0.29) is 22.6 Å². The van der Waals surface area contributed by atoms with Gasteiger partial charge in [0.15, 0.2) is 9.84 Å². The molecule has 5 rings (SSSR count). The van der Waals surface area contributed by atoms with Gasteiger partial charge in [0, 0.05) is 70.6 Å². The van der Waals surface area contributed by atoms with E-state index in [1.165, 1.54) is 31.5 Å². The minimum absolute atomic E-state index is 0.0660. The third-order valence-electron chi connectivity index (χ3n) is 7.00. The Bertz CT molecular complexity index is 1490. The average molecular weight is 465 g/mol. The molecule has 1 aliphatic heterocycles. The molecule has 2 fully saturated rings. The Labute approximate surface area is 189 Å². The summed E-state index contributed by atoms with van der Waals surface area (Å²) in [7, 11) is -3.59. The first-order valence-electron chi connectivity index (χ1n) is 12.0. The highest BCUT2D eigenvalue weighted by Crippen LogP contribution is 2.66. The van der Waals surface area contributed by atoms with E-state index in [0.717, 1.165) is 0 Å². The Morgan fingerprint density at radius 2 is 1.91 bits per heavy atom. The number of pyridine rings is 1. The van der Waals surface area contributed by atoms with Crippen LogP contribution >= 0.6 is 0 Å². The van der Waals surface area contributed by atoms with Crippen molar-refractivity contribution in [1.82, 2.24) is 9.55 Å². The van der Waals surface area contributed by atoms with Crippen LogP contribution < -0.4 is 10.5 Å². The summed E-state index contributed by atoms with van der Waals surface area (Å²) in [5.41, 5.74) is -0.181. The van der Waals surface area contributed by atoms with E-state index >= 15 is 0 Å². The van der Waals surface area contributed by atoms with Crippen molar-refractivity contribution >= 4 is 26.4 Å². The molecule has 1 saturated heterocycles. The van der Waals surface area contributed by atoms with Crippen LogP contribution in [0.25, 0.3) is 22.0 Å². The number of sulfone groups is 1. The fraction of sp³-hybridized carbons (Fsp3) is 0.435. The number of rotatable bonds is 4. The molecule has 32 heavy (non-hydrogen) atoms. The second-order valence-corrected chi connectivity index (χ2v) is 11.0. The lowest BCUT2D eigenvalue weighted by Crippen LogP contribution is -2.36. The number of alkyl halides is 2. The van der Waals surface area contributed by atoms with Crippen LogP contribution in [-0.2, 0) is 16.8 Å². The van der Waals surface area contributed by atoms with Crippen molar-refractivity contribution in [3.8, 4) is 11.1 Å². The number of halogens is 2. The number of piperidine rings is 1. The molecule has 3 heterocycles. The fourth-order valence-electron chi connectivity index (χ4n) is 4.83. The predicted molar refractivity (Wildman–Crippen MR) is 120 cm³/mol. The summed E-state index contributed by atoms with van der Waals surface area (Å²) in [6.07, 6.45) is 3.26. The summed E-state index contributed by atoms with van der Waals surface area (Å²) in [5.74, 6) is -2.77. The van der Waals surface area contributed by atoms with Crippen LogP contribution in [0.3, 0.4) is 0 Å². The number of nitrogens with zero attached hydrogens (tertiary/aromatic N) is 2. The highest BCUT2D eigenvalue weighted by atomic mass is 32.2. The molecule has 170 valence electrons. The molecule has 1 aromatic carbocycles.